The number of hydrogen-bond donors (Lipinski definition) is 2. The van der Waals surface area contributed by atoms with Gasteiger partial charge in [0.2, 0.25) is 6.21 Å². The van der Waals surface area contributed by atoms with E-state index in [1.165, 1.54) is 11.7 Å². The van der Waals surface area contributed by atoms with E-state index in [-0.39, 0.29) is 27.5 Å². The number of halogens is 2. The van der Waals surface area contributed by atoms with Crippen molar-refractivity contribution in [1.82, 2.24) is 0 Å². The molecule has 0 radical (unpaired) electrons. The zero-order chi connectivity index (χ0) is 23.3. The van der Waals surface area contributed by atoms with Crippen LogP contribution in [-0.2, 0) is 9.02 Å². The number of hydrogen-bond acceptors (Lipinski definition) is 6. The van der Waals surface area contributed by atoms with Crippen LogP contribution in [0.15, 0.2) is 30.3 Å². The Kier molecular flexibility index (Phi) is 8.28. The average Bonchev–Trinajstić information content (AvgIpc) is 2.77. The van der Waals surface area contributed by atoms with Gasteiger partial charge in [-0.15, -0.1) is 0 Å². The zero-order valence-electron chi connectivity index (χ0n) is 17.6. The summed E-state index contributed by atoms with van der Waals surface area (Å²) < 4.78 is 17.6. The quantitative estimate of drug-likeness (QED) is 0.0779. The summed E-state index contributed by atoms with van der Waals surface area (Å²) in [4.78, 5) is 23.6. The topological polar surface area (TPSA) is 76.9 Å². The van der Waals surface area contributed by atoms with E-state index in [4.69, 9.17) is 37.0 Å². The summed E-state index contributed by atoms with van der Waals surface area (Å²) in [6.45, 7) is 3.81. The average molecular weight is 498 g/mol. The van der Waals surface area contributed by atoms with Gasteiger partial charge in [0.15, 0.2) is 5.78 Å². The number of thiol groups is 1. The second-order valence-electron chi connectivity index (χ2n) is 7.07. The second-order valence-corrected chi connectivity index (χ2v) is 8.02. The third-order valence-electron chi connectivity index (χ3n) is 4.89. The molecule has 2 aromatic rings. The Bertz CT molecular complexity index is 1060. The fourth-order valence-electron chi connectivity index (χ4n) is 3.36. The minimum Gasteiger partial charge on any atom is -0.494 e. The summed E-state index contributed by atoms with van der Waals surface area (Å²) in [6.07, 6.45) is 2.94. The summed E-state index contributed by atoms with van der Waals surface area (Å²) in [7, 11) is 0. The number of ketones is 1. The normalized spacial score (nSPS) is 15.5. The largest absolute Gasteiger partial charge is 0.494 e. The highest BCUT2D eigenvalue weighted by atomic mass is 35.5. The second kappa shape index (κ2) is 10.9. The van der Waals surface area contributed by atoms with Gasteiger partial charge in [0.25, 0.3) is 5.69 Å². The Morgan fingerprint density at radius 3 is 2.78 bits per heavy atom. The van der Waals surface area contributed by atoms with Gasteiger partial charge >= 0.3 is 6.09 Å². The van der Waals surface area contributed by atoms with Crippen molar-refractivity contribution in [3.63, 3.8) is 0 Å². The lowest BCUT2D eigenvalue weighted by molar-refractivity contribution is -0.672. The van der Waals surface area contributed by atoms with E-state index < -0.39 is 6.09 Å². The first-order valence-electron chi connectivity index (χ1n) is 10.0. The van der Waals surface area contributed by atoms with Crippen LogP contribution < -0.4 is 10.1 Å². The molecule has 0 bridgehead atoms. The van der Waals surface area contributed by atoms with Gasteiger partial charge in [0.05, 0.1) is 22.3 Å². The molecule has 1 atom stereocenters. The fraction of sp³-hybridized carbons (Fsp3) is 0.318. The molecule has 1 unspecified atom stereocenters. The summed E-state index contributed by atoms with van der Waals surface area (Å²) >= 11 is 16.1. The molecule has 0 aromatic heterocycles. The molecule has 1 aliphatic rings. The number of ether oxygens (including phenoxy) is 2. The van der Waals surface area contributed by atoms with Crippen LogP contribution in [0.5, 0.6) is 5.75 Å². The fourth-order valence-corrected chi connectivity index (χ4v) is 3.97. The smallest absolute Gasteiger partial charge is 0.412 e. The maximum atomic E-state index is 12.0. The van der Waals surface area contributed by atoms with Crippen LogP contribution >= 0.6 is 36.1 Å². The Labute approximate surface area is 201 Å². The number of Topliss-reactive ketones (excluding diaryl/α,β-unsaturated/α-hetero) is 1. The zero-order valence-corrected chi connectivity index (χ0v) is 20.0. The molecule has 1 N–H and O–H groups in total. The number of fused-ring (bicyclic) bond motifs is 1. The number of carbonyl (C=O) groups is 2. The standard InChI is InChI=1S/C22H22Cl2N2O5S/c1-3-19-15-12-14(6-8-17(15)25-22(28)30-19)29-11-5-4-10-26(31-32)18-9-7-16(23)21(24)20(18)13(2)27/h6-10,12,19H,3-5,11H2,1-2H3,(H-,25,28,32)/p+1. The first-order valence-corrected chi connectivity index (χ1v) is 11.1. The molecule has 2 aromatic carbocycles. The van der Waals surface area contributed by atoms with E-state index in [1.54, 1.807) is 24.4 Å². The van der Waals surface area contributed by atoms with Crippen LogP contribution in [-0.4, -0.2) is 29.4 Å². The predicted octanol–water partition coefficient (Wildman–Crippen LogP) is 6.56. The van der Waals surface area contributed by atoms with E-state index in [1.807, 2.05) is 19.1 Å². The molecule has 10 heteroatoms. The monoisotopic (exact) mass is 497 g/mol. The minimum atomic E-state index is -0.445. The van der Waals surface area contributed by atoms with Crippen LogP contribution in [0.4, 0.5) is 16.2 Å². The summed E-state index contributed by atoms with van der Waals surface area (Å²) in [6, 6.07) is 8.73. The third-order valence-corrected chi connectivity index (χ3v) is 5.87. The molecule has 0 aliphatic carbocycles. The molecule has 0 fully saturated rings. The van der Waals surface area contributed by atoms with Crippen LogP contribution in [0.25, 0.3) is 0 Å². The van der Waals surface area contributed by atoms with Gasteiger partial charge < -0.3 is 9.47 Å². The van der Waals surface area contributed by atoms with Gasteiger partial charge in [-0.25, -0.2) is 4.79 Å². The van der Waals surface area contributed by atoms with E-state index >= 15 is 0 Å². The molecule has 1 aliphatic heterocycles. The van der Waals surface area contributed by atoms with Gasteiger partial charge in [-0.3, -0.25) is 10.1 Å². The molecule has 32 heavy (non-hydrogen) atoms. The molecule has 0 saturated carbocycles. The Hall–Kier alpha value is -2.42. The molecule has 7 nitrogen and oxygen atoms in total. The molecule has 0 spiro atoms. The van der Waals surface area contributed by atoms with Gasteiger partial charge in [-0.1, -0.05) is 30.1 Å². The lowest BCUT2D eigenvalue weighted by Crippen LogP contribution is -2.24. The van der Waals surface area contributed by atoms with Crippen molar-refractivity contribution in [3.05, 3.63) is 51.5 Å². The maximum Gasteiger partial charge on any atom is 0.412 e. The van der Waals surface area contributed by atoms with E-state index in [0.29, 0.717) is 37.3 Å². The first-order chi connectivity index (χ1) is 15.3. The number of rotatable bonds is 9. The number of anilines is 1. The highest BCUT2D eigenvalue weighted by Gasteiger charge is 2.26. The molecular weight excluding hydrogens is 475 g/mol. The Morgan fingerprint density at radius 2 is 2.09 bits per heavy atom. The Balaban J connectivity index is 1.63. The highest BCUT2D eigenvalue weighted by molar-refractivity contribution is 7.74. The summed E-state index contributed by atoms with van der Waals surface area (Å²) in [5.41, 5.74) is 2.33. The number of unbranched alkanes of at least 4 members (excludes halogenated alkanes) is 1. The molecular formula is C22H23Cl2N2O5S+. The van der Waals surface area contributed by atoms with E-state index in [2.05, 4.69) is 18.2 Å². The molecule has 1 heterocycles. The summed E-state index contributed by atoms with van der Waals surface area (Å²) in [5, 5.41) is 3.15. The number of benzene rings is 2. The molecule has 3 rings (SSSR count). The number of nitrogens with one attached hydrogen (secondary N) is 1. The van der Waals surface area contributed by atoms with Crippen molar-refractivity contribution in [2.24, 2.45) is 0 Å². The van der Waals surface area contributed by atoms with Crippen LogP contribution in [0.2, 0.25) is 10.0 Å². The van der Waals surface area contributed by atoms with E-state index in [0.717, 1.165) is 11.3 Å². The van der Waals surface area contributed by atoms with Crippen molar-refractivity contribution < 1.29 is 28.1 Å². The molecule has 170 valence electrons. The van der Waals surface area contributed by atoms with Gasteiger partial charge in [0.1, 0.15) is 30.3 Å². The van der Waals surface area contributed by atoms with Crippen LogP contribution in [0.1, 0.15) is 55.1 Å². The van der Waals surface area contributed by atoms with Crippen molar-refractivity contribution >= 4 is 65.6 Å². The Morgan fingerprint density at radius 1 is 1.31 bits per heavy atom. The SMILES string of the molecule is CCC1OC(=O)Nc2ccc(OCCCC=[N+](OS)c3ccc(Cl)c(Cl)c3C(C)=O)cc21. The maximum absolute atomic E-state index is 12.0. The van der Waals surface area contributed by atoms with Gasteiger partial charge in [0, 0.05) is 22.8 Å². The van der Waals surface area contributed by atoms with Crippen molar-refractivity contribution in [1.29, 1.82) is 0 Å². The van der Waals surface area contributed by atoms with Gasteiger partial charge in [-0.05, 0) is 44.0 Å². The molecule has 0 saturated heterocycles. The first kappa shape index (κ1) is 24.2. The molecule has 1 amide bonds. The van der Waals surface area contributed by atoms with Crippen molar-refractivity contribution in [3.8, 4) is 5.75 Å². The lowest BCUT2D eigenvalue weighted by Gasteiger charge is -2.25. The van der Waals surface area contributed by atoms with E-state index in [9.17, 15) is 9.59 Å². The highest BCUT2D eigenvalue weighted by Crippen LogP contribution is 2.36. The number of nitrogens with zero attached hydrogens (tertiary/aromatic N) is 1. The minimum absolute atomic E-state index is 0.168. The van der Waals surface area contributed by atoms with Crippen LogP contribution in [0.3, 0.4) is 0 Å². The third kappa shape index (κ3) is 5.49. The summed E-state index contributed by atoms with van der Waals surface area (Å²) in [5.74, 6) is 0.449. The predicted molar refractivity (Wildman–Crippen MR) is 127 cm³/mol. The van der Waals surface area contributed by atoms with Crippen molar-refractivity contribution in [2.45, 2.75) is 39.2 Å². The lowest BCUT2D eigenvalue weighted by atomic mass is 10.0. The van der Waals surface area contributed by atoms with Crippen LogP contribution in [0, 0.1) is 0 Å². The van der Waals surface area contributed by atoms with Gasteiger partial charge in [-0.2, -0.15) is 4.28 Å². The number of amides is 1. The van der Waals surface area contributed by atoms with Crippen molar-refractivity contribution in [2.75, 3.05) is 11.9 Å². The number of carbonyl (C=O) groups excluding carboxylic acids is 2. The number of cyclic esters (lactones) is 1.